The fraction of sp³-hybridized carbons (Fsp3) is 0.289. The molecular formula is C38H37F2N9O3S. The summed E-state index contributed by atoms with van der Waals surface area (Å²) in [5, 5.41) is 19.0. The molecule has 12 nitrogen and oxygen atoms in total. The number of aryl methyl sites for hydroxylation is 1. The molecule has 5 heterocycles. The Hall–Kier alpha value is -5.51. The van der Waals surface area contributed by atoms with Crippen LogP contribution in [0.2, 0.25) is 0 Å². The van der Waals surface area contributed by atoms with Crippen molar-refractivity contribution in [2.24, 2.45) is 0 Å². The van der Waals surface area contributed by atoms with Gasteiger partial charge in [-0.25, -0.2) is 23.4 Å². The Morgan fingerprint density at radius 3 is 2.57 bits per heavy atom. The number of amides is 1. The summed E-state index contributed by atoms with van der Waals surface area (Å²) in [5.74, 6) is -2.03. The number of aromatic nitrogens is 5. The van der Waals surface area contributed by atoms with E-state index in [1.54, 1.807) is 6.07 Å². The number of hydrogen-bond acceptors (Lipinski definition) is 10. The van der Waals surface area contributed by atoms with E-state index in [4.69, 9.17) is 5.73 Å². The number of halogens is 2. The molecule has 2 aliphatic heterocycles. The summed E-state index contributed by atoms with van der Waals surface area (Å²) in [5.41, 5.74) is 8.35. The van der Waals surface area contributed by atoms with E-state index in [1.165, 1.54) is 44.9 Å². The highest BCUT2D eigenvalue weighted by molar-refractivity contribution is 7.20. The molecule has 0 spiro atoms. The summed E-state index contributed by atoms with van der Waals surface area (Å²) in [6.45, 7) is 1.84. The summed E-state index contributed by atoms with van der Waals surface area (Å²) < 4.78 is 31.6. The minimum absolute atomic E-state index is 0.0359. The van der Waals surface area contributed by atoms with Gasteiger partial charge >= 0.3 is 0 Å². The average molecular weight is 738 g/mol. The molecule has 1 atom stereocenters. The molecule has 15 heteroatoms. The van der Waals surface area contributed by atoms with Gasteiger partial charge in [0.2, 0.25) is 0 Å². The largest absolute Gasteiger partial charge is 0.382 e. The number of carbonyl (C=O) groups is 1. The fourth-order valence-electron chi connectivity index (χ4n) is 7.47. The van der Waals surface area contributed by atoms with Crippen LogP contribution in [0.25, 0.3) is 16.0 Å². The molecule has 0 aliphatic carbocycles. The van der Waals surface area contributed by atoms with Gasteiger partial charge < -0.3 is 21.1 Å². The fourth-order valence-corrected chi connectivity index (χ4v) is 8.40. The molecule has 4 N–H and O–H groups in total. The van der Waals surface area contributed by atoms with Crippen molar-refractivity contribution in [1.82, 2.24) is 34.5 Å². The van der Waals surface area contributed by atoms with Gasteiger partial charge in [-0.15, -0.1) is 11.3 Å². The van der Waals surface area contributed by atoms with Crippen molar-refractivity contribution in [2.75, 3.05) is 36.8 Å². The number of anilines is 3. The highest BCUT2D eigenvalue weighted by Crippen LogP contribution is 2.36. The quantitative estimate of drug-likeness (QED) is 0.191. The van der Waals surface area contributed by atoms with E-state index < -0.39 is 22.8 Å². The number of nitrogens with zero attached hydrogens (tertiary/aromatic N) is 7. The van der Waals surface area contributed by atoms with Gasteiger partial charge in [-0.2, -0.15) is 5.10 Å². The lowest BCUT2D eigenvalue weighted by molar-refractivity contribution is -0.0271. The molecule has 6 aromatic rings. The molecule has 0 bridgehead atoms. The summed E-state index contributed by atoms with van der Waals surface area (Å²) in [6.07, 6.45) is 5.84. The number of nitrogen functional groups attached to an aromatic ring is 1. The first-order chi connectivity index (χ1) is 25.6. The van der Waals surface area contributed by atoms with Crippen LogP contribution in [-0.2, 0) is 18.6 Å². The third kappa shape index (κ3) is 6.90. The number of carbonyl (C=O) groups excluding carboxylic acids is 1. The number of rotatable bonds is 9. The molecule has 0 saturated carbocycles. The molecule has 1 amide bonds. The molecule has 0 radical (unpaired) electrons. The molecule has 8 rings (SSSR count). The zero-order valence-electron chi connectivity index (χ0n) is 28.7. The normalized spacial score (nSPS) is 16.4. The Morgan fingerprint density at radius 1 is 1.00 bits per heavy atom. The number of para-hydroxylation sites is 1. The highest BCUT2D eigenvalue weighted by Gasteiger charge is 2.37. The molecule has 0 unspecified atom stereocenters. The van der Waals surface area contributed by atoms with Gasteiger partial charge in [-0.3, -0.25) is 19.1 Å². The van der Waals surface area contributed by atoms with Crippen molar-refractivity contribution in [3.05, 3.63) is 123 Å². The molecule has 2 aliphatic rings. The van der Waals surface area contributed by atoms with Gasteiger partial charge in [0.05, 0.1) is 22.6 Å². The number of nitrogens with two attached hydrogens (primary N) is 1. The number of β-amino-alcohol motifs (C(OH)–C–C–N with tert-alkyl or cyclic N) is 1. The minimum Gasteiger partial charge on any atom is -0.382 e. The Bertz CT molecular complexity index is 2340. The summed E-state index contributed by atoms with van der Waals surface area (Å²) >= 11 is 1.17. The Morgan fingerprint density at radius 2 is 1.81 bits per heavy atom. The molecule has 1 saturated heterocycles. The highest BCUT2D eigenvalue weighted by atomic mass is 32.1. The zero-order chi connectivity index (χ0) is 36.7. The van der Waals surface area contributed by atoms with Gasteiger partial charge in [0.15, 0.2) is 5.82 Å². The van der Waals surface area contributed by atoms with E-state index in [0.717, 1.165) is 42.9 Å². The van der Waals surface area contributed by atoms with Crippen molar-refractivity contribution < 1.29 is 18.7 Å². The second kappa shape index (κ2) is 14.1. The number of hydrogen-bond donors (Lipinski definition) is 3. The molecule has 1 fully saturated rings. The average Bonchev–Trinajstić information content (AvgIpc) is 3.83. The van der Waals surface area contributed by atoms with E-state index >= 15 is 0 Å². The van der Waals surface area contributed by atoms with E-state index in [1.807, 2.05) is 41.3 Å². The van der Waals surface area contributed by atoms with Crippen LogP contribution in [0.15, 0.2) is 90.2 Å². The Kier molecular flexibility index (Phi) is 9.22. The number of piperidine rings is 1. The van der Waals surface area contributed by atoms with Crippen LogP contribution in [0.4, 0.5) is 26.0 Å². The first-order valence-corrected chi connectivity index (χ1v) is 18.3. The molecule has 53 heavy (non-hydrogen) atoms. The van der Waals surface area contributed by atoms with Crippen molar-refractivity contribution in [1.29, 1.82) is 0 Å². The van der Waals surface area contributed by atoms with Crippen molar-refractivity contribution >= 4 is 44.8 Å². The van der Waals surface area contributed by atoms with E-state index in [9.17, 15) is 23.5 Å². The van der Waals surface area contributed by atoms with Crippen molar-refractivity contribution in [3.63, 3.8) is 0 Å². The van der Waals surface area contributed by atoms with Crippen LogP contribution in [0, 0.1) is 11.6 Å². The first kappa shape index (κ1) is 34.6. The van der Waals surface area contributed by atoms with E-state index in [-0.39, 0.29) is 36.4 Å². The van der Waals surface area contributed by atoms with Gasteiger partial charge in [-0.1, -0.05) is 30.3 Å². The monoisotopic (exact) mass is 737 g/mol. The first-order valence-electron chi connectivity index (χ1n) is 17.5. The lowest BCUT2D eigenvalue weighted by Crippen LogP contribution is -2.50. The zero-order valence-corrected chi connectivity index (χ0v) is 29.5. The molecule has 272 valence electrons. The smallest absolute Gasteiger partial charge is 0.298 e. The predicted octanol–water partition coefficient (Wildman–Crippen LogP) is 4.77. The van der Waals surface area contributed by atoms with Crippen LogP contribution in [-0.4, -0.2) is 72.5 Å². The Labute approximate surface area is 307 Å². The predicted molar refractivity (Wildman–Crippen MR) is 199 cm³/mol. The number of nitrogens with one attached hydrogen (secondary N) is 1. The number of likely N-dealkylation sites (tertiary alicyclic amines) is 1. The number of thiophene rings is 1. The van der Waals surface area contributed by atoms with Crippen LogP contribution in [0.5, 0.6) is 0 Å². The second-order valence-corrected chi connectivity index (χ2v) is 14.6. The number of aliphatic hydroxyl groups is 1. The lowest BCUT2D eigenvalue weighted by atomic mass is 9.91. The lowest BCUT2D eigenvalue weighted by Gasteiger charge is -2.38. The third-order valence-corrected chi connectivity index (χ3v) is 11.1. The minimum atomic E-state index is -1.72. The Balaban J connectivity index is 0.993. The molecule has 3 aromatic heterocycles. The van der Waals surface area contributed by atoms with Crippen LogP contribution in [0.3, 0.4) is 0 Å². The number of fused-ring (bicyclic) bond motifs is 2. The standard InChI is InChI=1S/C38H37F2N9O3S/c39-25-9-11-29(30(40)17-25)38(52,21-47-23-42-22-43-47)20-46-15-12-26(13-16-46)44-35(50)33-19-32-36(53-33)45-34(41)37(51)49(32)28-10-8-24-5-4-14-48(31(24)18-28)27-6-2-1-3-7-27/h1-3,6-11,17-19,22-23,26,52H,4-5,12-16,20-21H2,(H2,41,45)(H,44,50)/t38-/m0/s1. The third-order valence-electron chi connectivity index (χ3n) is 10.0. The van der Waals surface area contributed by atoms with Crippen molar-refractivity contribution in [2.45, 2.75) is 43.9 Å². The van der Waals surface area contributed by atoms with Gasteiger partial charge in [0, 0.05) is 55.2 Å². The summed E-state index contributed by atoms with van der Waals surface area (Å²) in [4.78, 5) is 40.6. The maximum Gasteiger partial charge on any atom is 0.298 e. The maximum atomic E-state index is 14.9. The molecular weight excluding hydrogens is 701 g/mol. The van der Waals surface area contributed by atoms with Gasteiger partial charge in [0.25, 0.3) is 11.5 Å². The van der Waals surface area contributed by atoms with Crippen molar-refractivity contribution in [3.8, 4) is 5.69 Å². The second-order valence-electron chi connectivity index (χ2n) is 13.6. The van der Waals surface area contributed by atoms with Crippen LogP contribution in [0.1, 0.15) is 40.1 Å². The summed E-state index contributed by atoms with van der Waals surface area (Å²) in [7, 11) is 0. The van der Waals surface area contributed by atoms with Gasteiger partial charge in [0.1, 0.15) is 34.7 Å². The van der Waals surface area contributed by atoms with Crippen LogP contribution < -0.4 is 21.5 Å². The summed E-state index contributed by atoms with van der Waals surface area (Å²) in [6, 6.07) is 20.8. The molecule has 3 aromatic carbocycles. The van der Waals surface area contributed by atoms with E-state index in [2.05, 4.69) is 37.4 Å². The van der Waals surface area contributed by atoms with Gasteiger partial charge in [-0.05, 0) is 67.6 Å². The SMILES string of the molecule is Nc1nc2sc(C(=O)NC3CCN(C[C@](O)(Cn4cncn4)c4ccc(F)cc4F)CC3)cc2n(-c2ccc3c(c2)N(c2ccccc2)CCC3)c1=O. The van der Waals surface area contributed by atoms with Crippen LogP contribution >= 0.6 is 11.3 Å². The number of benzene rings is 3. The maximum absolute atomic E-state index is 14.9. The topological polar surface area (TPSA) is 147 Å². The van der Waals surface area contributed by atoms with E-state index in [0.29, 0.717) is 46.8 Å².